The monoisotopic (exact) mass is 176 g/mol. The quantitative estimate of drug-likeness (QED) is 0.626. The van der Waals surface area contributed by atoms with E-state index < -0.39 is 0 Å². The fraction of sp³-hybridized carbons (Fsp3) is 0.333. The fourth-order valence-electron chi connectivity index (χ4n) is 1.28. The first-order chi connectivity index (χ1) is 6.05. The van der Waals surface area contributed by atoms with Crippen molar-refractivity contribution in [1.29, 1.82) is 0 Å². The lowest BCUT2D eigenvalue weighted by molar-refractivity contribution is 0.455. The third kappa shape index (κ3) is 2.35. The summed E-state index contributed by atoms with van der Waals surface area (Å²) in [6.07, 6.45) is 1.46. The Morgan fingerprint density at radius 1 is 1.23 bits per heavy atom. The molecule has 0 aromatic heterocycles. The van der Waals surface area contributed by atoms with Crippen molar-refractivity contribution in [3.05, 3.63) is 42.7 Å². The average molecular weight is 176 g/mol. The van der Waals surface area contributed by atoms with E-state index in [1.165, 1.54) is 11.8 Å². The maximum atomic E-state index is 5.33. The number of hydrogen-bond donors (Lipinski definition) is 0. The third-order valence-electron chi connectivity index (χ3n) is 1.91. The lowest BCUT2D eigenvalue weighted by atomic mass is 9.86. The van der Waals surface area contributed by atoms with Crippen LogP contribution < -0.4 is 4.74 Å². The molecular weight excluding hydrogens is 160 g/mol. The molecule has 0 saturated heterocycles. The Kier molecular flexibility index (Phi) is 2.76. The van der Waals surface area contributed by atoms with Gasteiger partial charge in [-0.2, -0.15) is 0 Å². The summed E-state index contributed by atoms with van der Waals surface area (Å²) in [5, 5.41) is 0. The van der Waals surface area contributed by atoms with Gasteiger partial charge in [0.15, 0.2) is 0 Å². The van der Waals surface area contributed by atoms with Crippen LogP contribution in [-0.4, -0.2) is 0 Å². The van der Waals surface area contributed by atoms with E-state index in [1.807, 2.05) is 18.2 Å². The van der Waals surface area contributed by atoms with Crippen LogP contribution in [0.1, 0.15) is 26.3 Å². The van der Waals surface area contributed by atoms with Crippen molar-refractivity contribution in [2.24, 2.45) is 0 Å². The van der Waals surface area contributed by atoms with Crippen molar-refractivity contribution in [3.63, 3.8) is 0 Å². The topological polar surface area (TPSA) is 9.23 Å². The minimum Gasteiger partial charge on any atom is -0.465 e. The molecular formula is C12H16O. The molecule has 1 nitrogen and oxygen atoms in total. The van der Waals surface area contributed by atoms with Crippen molar-refractivity contribution < 1.29 is 4.74 Å². The minimum absolute atomic E-state index is 0.111. The average Bonchev–Trinajstić information content (AvgIpc) is 2.04. The first kappa shape index (κ1) is 9.85. The first-order valence-corrected chi connectivity index (χ1v) is 4.43. The third-order valence-corrected chi connectivity index (χ3v) is 1.91. The van der Waals surface area contributed by atoms with Gasteiger partial charge in [-0.05, 0) is 11.5 Å². The molecule has 0 radical (unpaired) electrons. The van der Waals surface area contributed by atoms with Gasteiger partial charge in [-0.3, -0.25) is 0 Å². The van der Waals surface area contributed by atoms with Crippen LogP contribution in [0.15, 0.2) is 37.1 Å². The number of hydrogen-bond acceptors (Lipinski definition) is 1. The van der Waals surface area contributed by atoms with Gasteiger partial charge in [0.1, 0.15) is 5.75 Å². The van der Waals surface area contributed by atoms with Gasteiger partial charge in [-0.1, -0.05) is 45.5 Å². The molecule has 0 unspecified atom stereocenters. The molecule has 0 aliphatic rings. The van der Waals surface area contributed by atoms with E-state index in [9.17, 15) is 0 Å². The smallest absolute Gasteiger partial charge is 0.130 e. The van der Waals surface area contributed by atoms with Crippen molar-refractivity contribution in [2.75, 3.05) is 0 Å². The van der Waals surface area contributed by atoms with Gasteiger partial charge in [0.25, 0.3) is 0 Å². The van der Waals surface area contributed by atoms with Crippen LogP contribution in [0.4, 0.5) is 0 Å². The first-order valence-electron chi connectivity index (χ1n) is 4.43. The number of ether oxygens (including phenoxy) is 1. The molecule has 0 aliphatic heterocycles. The molecule has 0 aliphatic carbocycles. The predicted molar refractivity (Wildman–Crippen MR) is 56.0 cm³/mol. The Labute approximate surface area is 80.0 Å². The molecule has 0 spiro atoms. The van der Waals surface area contributed by atoms with Gasteiger partial charge in [0, 0.05) is 5.56 Å². The summed E-state index contributed by atoms with van der Waals surface area (Å²) in [7, 11) is 0. The molecule has 0 heterocycles. The zero-order valence-corrected chi connectivity index (χ0v) is 8.50. The molecule has 1 aromatic rings. The van der Waals surface area contributed by atoms with Crippen molar-refractivity contribution in [1.82, 2.24) is 0 Å². The second-order valence-corrected chi connectivity index (χ2v) is 4.03. The Bertz CT molecular complexity index is 294. The van der Waals surface area contributed by atoms with Crippen LogP contribution in [0.25, 0.3) is 0 Å². The molecule has 1 heteroatoms. The summed E-state index contributed by atoms with van der Waals surface area (Å²) >= 11 is 0. The second kappa shape index (κ2) is 3.65. The van der Waals surface area contributed by atoms with Gasteiger partial charge >= 0.3 is 0 Å². The normalized spacial score (nSPS) is 11.0. The van der Waals surface area contributed by atoms with Gasteiger partial charge in [0.05, 0.1) is 6.26 Å². The molecule has 0 N–H and O–H groups in total. The van der Waals surface area contributed by atoms with Crippen molar-refractivity contribution in [3.8, 4) is 5.75 Å². The fourth-order valence-corrected chi connectivity index (χ4v) is 1.28. The zero-order valence-electron chi connectivity index (χ0n) is 8.50. The van der Waals surface area contributed by atoms with Gasteiger partial charge in [-0.15, -0.1) is 0 Å². The summed E-state index contributed by atoms with van der Waals surface area (Å²) in [5.74, 6) is 0.894. The van der Waals surface area contributed by atoms with Gasteiger partial charge in [0.2, 0.25) is 0 Å². The van der Waals surface area contributed by atoms with E-state index in [-0.39, 0.29) is 5.41 Å². The summed E-state index contributed by atoms with van der Waals surface area (Å²) < 4.78 is 5.33. The van der Waals surface area contributed by atoms with Crippen LogP contribution in [0.3, 0.4) is 0 Å². The van der Waals surface area contributed by atoms with Crippen LogP contribution in [0, 0.1) is 0 Å². The van der Waals surface area contributed by atoms with Crippen molar-refractivity contribution in [2.45, 2.75) is 26.2 Å². The van der Waals surface area contributed by atoms with E-state index in [0.717, 1.165) is 5.75 Å². The van der Waals surface area contributed by atoms with Gasteiger partial charge in [-0.25, -0.2) is 0 Å². The summed E-state index contributed by atoms with van der Waals surface area (Å²) in [4.78, 5) is 0. The molecule has 0 fully saturated rings. The lowest BCUT2D eigenvalue weighted by Gasteiger charge is -2.21. The standard InChI is InChI=1S/C12H16O/c1-5-13-11-9-7-6-8-10(11)12(2,3)4/h5-9H,1H2,2-4H3. The molecule has 0 amide bonds. The minimum atomic E-state index is 0.111. The van der Waals surface area contributed by atoms with Crippen LogP contribution in [0.2, 0.25) is 0 Å². The lowest BCUT2D eigenvalue weighted by Crippen LogP contribution is -2.12. The molecule has 0 atom stereocenters. The summed E-state index contributed by atoms with van der Waals surface area (Å²) in [5.41, 5.74) is 1.31. The highest BCUT2D eigenvalue weighted by molar-refractivity contribution is 5.38. The number of rotatable bonds is 2. The highest BCUT2D eigenvalue weighted by atomic mass is 16.5. The molecule has 1 rings (SSSR count). The Hall–Kier alpha value is -1.24. The maximum Gasteiger partial charge on any atom is 0.130 e. The molecule has 0 bridgehead atoms. The Morgan fingerprint density at radius 2 is 1.85 bits per heavy atom. The second-order valence-electron chi connectivity index (χ2n) is 4.03. The highest BCUT2D eigenvalue weighted by Gasteiger charge is 2.17. The van der Waals surface area contributed by atoms with Crippen LogP contribution in [-0.2, 0) is 5.41 Å². The van der Waals surface area contributed by atoms with E-state index in [2.05, 4.69) is 33.4 Å². The molecule has 1 aromatic carbocycles. The molecule has 70 valence electrons. The van der Waals surface area contributed by atoms with E-state index in [1.54, 1.807) is 0 Å². The van der Waals surface area contributed by atoms with Crippen LogP contribution in [0.5, 0.6) is 5.75 Å². The Balaban J connectivity index is 3.11. The predicted octanol–water partition coefficient (Wildman–Crippen LogP) is 3.51. The zero-order chi connectivity index (χ0) is 9.90. The largest absolute Gasteiger partial charge is 0.465 e. The van der Waals surface area contributed by atoms with Gasteiger partial charge < -0.3 is 4.74 Å². The summed E-state index contributed by atoms with van der Waals surface area (Å²) in [6, 6.07) is 8.03. The number of para-hydroxylation sites is 1. The van der Waals surface area contributed by atoms with Crippen molar-refractivity contribution >= 4 is 0 Å². The SMILES string of the molecule is C=COc1ccccc1C(C)(C)C. The highest BCUT2D eigenvalue weighted by Crippen LogP contribution is 2.30. The molecule has 13 heavy (non-hydrogen) atoms. The summed E-state index contributed by atoms with van der Waals surface area (Å²) in [6.45, 7) is 10.1. The van der Waals surface area contributed by atoms with E-state index >= 15 is 0 Å². The van der Waals surface area contributed by atoms with Crippen LogP contribution >= 0.6 is 0 Å². The number of benzene rings is 1. The maximum absolute atomic E-state index is 5.33. The Morgan fingerprint density at radius 3 is 2.38 bits per heavy atom. The molecule has 0 saturated carbocycles. The van der Waals surface area contributed by atoms with E-state index in [0.29, 0.717) is 0 Å². The van der Waals surface area contributed by atoms with E-state index in [4.69, 9.17) is 4.74 Å².